The molecule has 0 heterocycles. The molecule has 7 nitrogen and oxygen atoms in total. The number of carbonyl (C=O) groups excluding carboxylic acids is 1. The zero-order valence-electron chi connectivity index (χ0n) is 18.1. The van der Waals surface area contributed by atoms with Crippen LogP contribution in [0.15, 0.2) is 64.6 Å². The molecule has 178 valence electrons. The van der Waals surface area contributed by atoms with E-state index in [9.17, 15) is 14.9 Å². The monoisotopic (exact) mass is 574 g/mol. The van der Waals surface area contributed by atoms with E-state index in [2.05, 4.69) is 21.2 Å². The van der Waals surface area contributed by atoms with E-state index < -0.39 is 11.9 Å². The van der Waals surface area contributed by atoms with Gasteiger partial charge in [-0.05, 0) is 59.7 Å². The lowest BCUT2D eigenvalue weighted by Crippen LogP contribution is -2.14. The molecule has 0 bridgehead atoms. The first kappa shape index (κ1) is 26.1. The number of carbonyl (C=O) groups is 2. The van der Waals surface area contributed by atoms with E-state index in [1.807, 2.05) is 6.07 Å². The van der Waals surface area contributed by atoms with Crippen LogP contribution in [0.1, 0.15) is 21.5 Å². The number of hydrogen-bond donors (Lipinski definition) is 2. The van der Waals surface area contributed by atoms with Crippen LogP contribution in [0.3, 0.4) is 0 Å². The average Bonchev–Trinajstić information content (AvgIpc) is 2.84. The zero-order valence-corrected chi connectivity index (χ0v) is 21.2. The summed E-state index contributed by atoms with van der Waals surface area (Å²) in [5, 5.41) is 22.0. The minimum Gasteiger partial charge on any atom is -0.493 e. The first-order valence-corrected chi connectivity index (χ1v) is 11.5. The molecule has 0 saturated heterocycles. The maximum Gasteiger partial charge on any atom is 0.335 e. The van der Waals surface area contributed by atoms with Gasteiger partial charge in [0, 0.05) is 10.2 Å². The van der Waals surface area contributed by atoms with Gasteiger partial charge < -0.3 is 19.9 Å². The number of carboxylic acids is 1. The largest absolute Gasteiger partial charge is 0.493 e. The predicted octanol–water partition coefficient (Wildman–Crippen LogP) is 6.59. The summed E-state index contributed by atoms with van der Waals surface area (Å²) >= 11 is 15.4. The van der Waals surface area contributed by atoms with E-state index in [1.165, 1.54) is 37.5 Å². The standard InChI is InChI=1S/C25H17BrCl2N2O5/c1-34-22-10-16(19(26)11-23(22)35-13-14-5-6-20(27)21(28)7-14)8-17(12-29)24(31)30-18-4-2-3-15(9-18)25(32)33/h2-11H,13H2,1H3,(H,30,31)(H,32,33)/b17-8-. The van der Waals surface area contributed by atoms with Gasteiger partial charge >= 0.3 is 5.97 Å². The van der Waals surface area contributed by atoms with Crippen molar-refractivity contribution in [2.75, 3.05) is 12.4 Å². The van der Waals surface area contributed by atoms with Crippen LogP contribution in [-0.4, -0.2) is 24.1 Å². The van der Waals surface area contributed by atoms with Crippen LogP contribution in [0.2, 0.25) is 10.0 Å². The molecule has 0 spiro atoms. The fourth-order valence-electron chi connectivity index (χ4n) is 2.96. The van der Waals surface area contributed by atoms with Crippen molar-refractivity contribution in [1.29, 1.82) is 5.26 Å². The molecule has 2 N–H and O–H groups in total. The molecule has 0 fully saturated rings. The smallest absolute Gasteiger partial charge is 0.335 e. The van der Waals surface area contributed by atoms with Gasteiger partial charge in [0.25, 0.3) is 5.91 Å². The summed E-state index contributed by atoms with van der Waals surface area (Å²) in [6.07, 6.45) is 1.38. The van der Waals surface area contributed by atoms with E-state index in [0.29, 0.717) is 31.6 Å². The number of methoxy groups -OCH3 is 1. The van der Waals surface area contributed by atoms with Crippen molar-refractivity contribution < 1.29 is 24.2 Å². The van der Waals surface area contributed by atoms with E-state index in [-0.39, 0.29) is 23.4 Å². The maximum absolute atomic E-state index is 12.6. The van der Waals surface area contributed by atoms with Gasteiger partial charge in [0.1, 0.15) is 18.2 Å². The van der Waals surface area contributed by atoms with Crippen LogP contribution in [0.25, 0.3) is 6.08 Å². The minimum atomic E-state index is -1.13. The van der Waals surface area contributed by atoms with Crippen LogP contribution >= 0.6 is 39.1 Å². The number of nitrogens with zero attached hydrogens (tertiary/aromatic N) is 1. The molecule has 0 unspecified atom stereocenters. The van der Waals surface area contributed by atoms with Crippen molar-refractivity contribution in [3.63, 3.8) is 0 Å². The Labute approximate surface area is 219 Å². The lowest BCUT2D eigenvalue weighted by Gasteiger charge is -2.13. The third-order valence-electron chi connectivity index (χ3n) is 4.69. The molecule has 0 aliphatic carbocycles. The quantitative estimate of drug-likeness (QED) is 0.232. The summed E-state index contributed by atoms with van der Waals surface area (Å²) in [5.74, 6) is -1.02. The third-order valence-corrected chi connectivity index (χ3v) is 6.12. The Morgan fingerprint density at radius 3 is 2.54 bits per heavy atom. The number of aromatic carboxylic acids is 1. The van der Waals surface area contributed by atoms with Gasteiger partial charge in [0.2, 0.25) is 0 Å². The highest BCUT2D eigenvalue weighted by atomic mass is 79.9. The van der Waals surface area contributed by atoms with Gasteiger partial charge in [-0.2, -0.15) is 5.26 Å². The number of nitrogens with one attached hydrogen (secondary N) is 1. The minimum absolute atomic E-state index is 0.00854. The summed E-state index contributed by atoms with van der Waals surface area (Å²) in [7, 11) is 1.47. The van der Waals surface area contributed by atoms with E-state index in [4.69, 9.17) is 37.8 Å². The van der Waals surface area contributed by atoms with Gasteiger partial charge in [-0.3, -0.25) is 4.79 Å². The second-order valence-corrected chi connectivity index (χ2v) is 8.74. The highest BCUT2D eigenvalue weighted by molar-refractivity contribution is 9.10. The average molecular weight is 576 g/mol. The first-order valence-electron chi connectivity index (χ1n) is 9.92. The first-order chi connectivity index (χ1) is 16.7. The Morgan fingerprint density at radius 1 is 1.11 bits per heavy atom. The number of benzene rings is 3. The highest BCUT2D eigenvalue weighted by Crippen LogP contribution is 2.35. The van der Waals surface area contributed by atoms with Crippen molar-refractivity contribution >= 4 is 62.8 Å². The Bertz CT molecular complexity index is 1370. The molecule has 0 aliphatic heterocycles. The van der Waals surface area contributed by atoms with Gasteiger partial charge in [-0.15, -0.1) is 0 Å². The summed E-state index contributed by atoms with van der Waals surface area (Å²) in [6.45, 7) is 0.204. The summed E-state index contributed by atoms with van der Waals surface area (Å²) in [4.78, 5) is 23.8. The van der Waals surface area contributed by atoms with Gasteiger partial charge in [0.05, 0.1) is 22.7 Å². The van der Waals surface area contributed by atoms with E-state index >= 15 is 0 Å². The Kier molecular flexibility index (Phi) is 8.77. The number of halogens is 3. The van der Waals surface area contributed by atoms with Crippen molar-refractivity contribution in [3.8, 4) is 17.6 Å². The Balaban J connectivity index is 1.82. The number of amides is 1. The van der Waals surface area contributed by atoms with E-state index in [1.54, 1.807) is 30.3 Å². The fourth-order valence-corrected chi connectivity index (χ4v) is 3.71. The maximum atomic E-state index is 12.6. The third kappa shape index (κ3) is 6.76. The lowest BCUT2D eigenvalue weighted by atomic mass is 10.1. The van der Waals surface area contributed by atoms with Gasteiger partial charge in [0.15, 0.2) is 11.5 Å². The summed E-state index contributed by atoms with van der Waals surface area (Å²) in [6, 6.07) is 16.0. The molecule has 35 heavy (non-hydrogen) atoms. The molecule has 0 saturated carbocycles. The number of ether oxygens (including phenoxy) is 2. The number of rotatable bonds is 8. The lowest BCUT2D eigenvalue weighted by molar-refractivity contribution is -0.112. The van der Waals surface area contributed by atoms with Gasteiger partial charge in [-0.1, -0.05) is 51.3 Å². The molecule has 0 aliphatic rings. The second kappa shape index (κ2) is 11.8. The SMILES string of the molecule is COc1cc(/C=C(/C#N)C(=O)Nc2cccc(C(=O)O)c2)c(Br)cc1OCc1ccc(Cl)c(Cl)c1. The molecule has 3 rings (SSSR count). The van der Waals surface area contributed by atoms with Crippen LogP contribution in [-0.2, 0) is 11.4 Å². The Hall–Kier alpha value is -3.51. The molecule has 0 radical (unpaired) electrons. The zero-order chi connectivity index (χ0) is 25.5. The summed E-state index contributed by atoms with van der Waals surface area (Å²) in [5.41, 5.74) is 1.36. The van der Waals surface area contributed by atoms with Crippen molar-refractivity contribution in [3.05, 3.63) is 91.4 Å². The van der Waals surface area contributed by atoms with Gasteiger partial charge in [-0.25, -0.2) is 4.79 Å². The normalized spacial score (nSPS) is 10.9. The molecule has 0 atom stereocenters. The van der Waals surface area contributed by atoms with Crippen LogP contribution < -0.4 is 14.8 Å². The highest BCUT2D eigenvalue weighted by Gasteiger charge is 2.15. The van der Waals surface area contributed by atoms with Crippen LogP contribution in [0.4, 0.5) is 5.69 Å². The van der Waals surface area contributed by atoms with Crippen molar-refractivity contribution in [2.45, 2.75) is 6.61 Å². The second-order valence-electron chi connectivity index (χ2n) is 7.07. The molecular weight excluding hydrogens is 559 g/mol. The summed E-state index contributed by atoms with van der Waals surface area (Å²) < 4.78 is 11.8. The number of carboxylic acid groups (broad SMARTS) is 1. The topological polar surface area (TPSA) is 109 Å². The molecule has 3 aromatic rings. The molecule has 3 aromatic carbocycles. The number of anilines is 1. The molecular formula is C25H17BrCl2N2O5. The molecule has 10 heteroatoms. The number of nitriles is 1. The molecule has 0 aromatic heterocycles. The van der Waals surface area contributed by atoms with Crippen LogP contribution in [0, 0.1) is 11.3 Å². The predicted molar refractivity (Wildman–Crippen MR) is 137 cm³/mol. The van der Waals surface area contributed by atoms with E-state index in [0.717, 1.165) is 5.56 Å². The van der Waals surface area contributed by atoms with Crippen molar-refractivity contribution in [2.24, 2.45) is 0 Å². The number of hydrogen-bond acceptors (Lipinski definition) is 5. The van der Waals surface area contributed by atoms with Crippen molar-refractivity contribution in [1.82, 2.24) is 0 Å². The van der Waals surface area contributed by atoms with Crippen LogP contribution in [0.5, 0.6) is 11.5 Å². The Morgan fingerprint density at radius 2 is 1.89 bits per heavy atom. The fraction of sp³-hybridized carbons (Fsp3) is 0.0800. The molecule has 1 amide bonds.